The lowest BCUT2D eigenvalue weighted by molar-refractivity contribution is -0.126. The summed E-state index contributed by atoms with van der Waals surface area (Å²) in [4.78, 5) is 20.6. The van der Waals surface area contributed by atoms with Gasteiger partial charge in [-0.3, -0.25) is 14.6 Å². The average Bonchev–Trinajstić information content (AvgIpc) is 3.55. The molecule has 3 atom stereocenters. The van der Waals surface area contributed by atoms with Crippen LogP contribution in [0, 0.1) is 0 Å². The first kappa shape index (κ1) is 29.1. The van der Waals surface area contributed by atoms with E-state index in [1.54, 1.807) is 0 Å². The van der Waals surface area contributed by atoms with Crippen molar-refractivity contribution < 1.29 is 9.90 Å². The molecule has 6 rings (SSSR count). The summed E-state index contributed by atoms with van der Waals surface area (Å²) < 4.78 is 0. The number of nitrogens with one attached hydrogen (secondary N) is 2. The highest BCUT2D eigenvalue weighted by Crippen LogP contribution is 2.26. The number of amides is 1. The van der Waals surface area contributed by atoms with Gasteiger partial charge < -0.3 is 20.6 Å². The lowest BCUT2D eigenvalue weighted by Gasteiger charge is -2.41. The summed E-state index contributed by atoms with van der Waals surface area (Å²) in [6.07, 6.45) is 2.93. The number of halogens is 1. The number of rotatable bonds is 9. The molecular weight excluding hydrogens is 546 g/mol. The molecule has 8 heteroatoms. The van der Waals surface area contributed by atoms with E-state index < -0.39 is 12.3 Å². The van der Waals surface area contributed by atoms with E-state index in [0.29, 0.717) is 24.4 Å². The van der Waals surface area contributed by atoms with Gasteiger partial charge in [-0.05, 0) is 79.2 Å². The summed E-state index contributed by atoms with van der Waals surface area (Å²) in [6.45, 7) is 7.12. The Morgan fingerprint density at radius 2 is 1.60 bits per heavy atom. The Morgan fingerprint density at radius 1 is 0.905 bits per heavy atom. The third-order valence-corrected chi connectivity index (χ3v) is 9.32. The Bertz CT molecular complexity index is 1340. The second-order valence-electron chi connectivity index (χ2n) is 11.9. The van der Waals surface area contributed by atoms with Gasteiger partial charge in [-0.1, -0.05) is 66.2 Å². The summed E-state index contributed by atoms with van der Waals surface area (Å²) in [6, 6.07) is 23.9. The number of fused-ring (bicyclic) bond motifs is 1. The van der Waals surface area contributed by atoms with Crippen LogP contribution in [-0.4, -0.2) is 78.4 Å². The number of hydrogen-bond donors (Lipinski definition) is 3. The lowest BCUT2D eigenvalue weighted by Crippen LogP contribution is -2.60. The van der Waals surface area contributed by atoms with Crippen molar-refractivity contribution in [3.8, 4) is 0 Å². The molecule has 7 nitrogen and oxygen atoms in total. The molecule has 1 unspecified atom stereocenters. The van der Waals surface area contributed by atoms with Gasteiger partial charge in [-0.15, -0.1) is 0 Å². The first-order valence-corrected chi connectivity index (χ1v) is 15.7. The normalized spacial score (nSPS) is 21.1. The molecule has 0 bridgehead atoms. The summed E-state index contributed by atoms with van der Waals surface area (Å²) in [7, 11) is 0. The van der Waals surface area contributed by atoms with E-state index in [1.807, 2.05) is 36.4 Å². The van der Waals surface area contributed by atoms with Crippen LogP contribution in [0.15, 0.2) is 72.8 Å². The first-order chi connectivity index (χ1) is 20.5. The quantitative estimate of drug-likeness (QED) is 0.354. The molecule has 0 spiro atoms. The van der Waals surface area contributed by atoms with Crippen LogP contribution in [0.4, 0.5) is 5.69 Å². The number of hydrogen-bond acceptors (Lipinski definition) is 6. The second-order valence-corrected chi connectivity index (χ2v) is 12.3. The topological polar surface area (TPSA) is 71.1 Å². The summed E-state index contributed by atoms with van der Waals surface area (Å²) in [5.74, 6) is -0.0722. The molecule has 3 heterocycles. The van der Waals surface area contributed by atoms with Crippen LogP contribution in [-0.2, 0) is 30.7 Å². The third kappa shape index (κ3) is 6.99. The number of nitrogens with zero attached hydrogens (tertiary/aromatic N) is 3. The number of benzene rings is 3. The van der Waals surface area contributed by atoms with Crippen molar-refractivity contribution in [1.82, 2.24) is 20.4 Å². The highest BCUT2D eigenvalue weighted by Gasteiger charge is 2.33. The number of aliphatic hydroxyl groups is 1. The lowest BCUT2D eigenvalue weighted by atomic mass is 9.95. The largest absolute Gasteiger partial charge is 0.376 e. The van der Waals surface area contributed by atoms with Crippen LogP contribution in [0.25, 0.3) is 0 Å². The Balaban J connectivity index is 1.12. The van der Waals surface area contributed by atoms with Gasteiger partial charge in [-0.2, -0.15) is 0 Å². The van der Waals surface area contributed by atoms with Gasteiger partial charge in [0.15, 0.2) is 0 Å². The number of aliphatic hydroxyl groups excluding tert-OH is 1. The van der Waals surface area contributed by atoms with E-state index in [9.17, 15) is 9.90 Å². The predicted octanol–water partition coefficient (Wildman–Crippen LogP) is 3.82. The molecule has 42 heavy (non-hydrogen) atoms. The zero-order valence-electron chi connectivity index (χ0n) is 24.2. The van der Waals surface area contributed by atoms with E-state index in [2.05, 4.69) is 61.7 Å². The van der Waals surface area contributed by atoms with Crippen LogP contribution in [0.3, 0.4) is 0 Å². The molecule has 1 amide bonds. The van der Waals surface area contributed by atoms with Crippen LogP contribution in [0.2, 0.25) is 5.02 Å². The molecule has 0 radical (unpaired) electrons. The Labute approximate surface area is 254 Å². The Hall–Kier alpha value is -2.94. The van der Waals surface area contributed by atoms with Gasteiger partial charge in [0.2, 0.25) is 5.91 Å². The molecule has 222 valence electrons. The van der Waals surface area contributed by atoms with Crippen molar-refractivity contribution in [3.05, 3.63) is 100 Å². The molecule has 0 saturated carbocycles. The highest BCUT2D eigenvalue weighted by atomic mass is 35.5. The SMILES string of the molecule is O=C(N[C@H](Cc1ccc(Cl)cc1)C(O)N1CCN(c2ccccc2CN2CCCC2)CC1)[C@H]1Cc2ccccc2CN1. The van der Waals surface area contributed by atoms with E-state index in [4.69, 9.17) is 11.6 Å². The van der Waals surface area contributed by atoms with Crippen molar-refractivity contribution in [2.75, 3.05) is 44.2 Å². The monoisotopic (exact) mass is 587 g/mol. The highest BCUT2D eigenvalue weighted by molar-refractivity contribution is 6.30. The average molecular weight is 588 g/mol. The summed E-state index contributed by atoms with van der Waals surface area (Å²) >= 11 is 6.14. The molecule has 0 aromatic heterocycles. The molecule has 3 aliphatic heterocycles. The minimum absolute atomic E-state index is 0.0722. The van der Waals surface area contributed by atoms with Crippen LogP contribution in [0.5, 0.6) is 0 Å². The number of likely N-dealkylation sites (tertiary alicyclic amines) is 1. The Kier molecular flexibility index (Phi) is 9.42. The number of para-hydroxylation sites is 1. The molecule has 3 aromatic rings. The van der Waals surface area contributed by atoms with Gasteiger partial charge in [0.05, 0.1) is 12.1 Å². The molecule has 3 N–H and O–H groups in total. The van der Waals surface area contributed by atoms with Crippen LogP contribution >= 0.6 is 11.6 Å². The van der Waals surface area contributed by atoms with Gasteiger partial charge >= 0.3 is 0 Å². The molecule has 3 aromatic carbocycles. The number of piperazine rings is 1. The maximum atomic E-state index is 13.5. The fourth-order valence-corrected chi connectivity index (χ4v) is 6.77. The zero-order valence-corrected chi connectivity index (χ0v) is 25.0. The first-order valence-electron chi connectivity index (χ1n) is 15.4. The van der Waals surface area contributed by atoms with Gasteiger partial charge in [0, 0.05) is 50.0 Å². The van der Waals surface area contributed by atoms with E-state index in [1.165, 1.54) is 48.3 Å². The third-order valence-electron chi connectivity index (χ3n) is 9.07. The van der Waals surface area contributed by atoms with Crippen molar-refractivity contribution in [2.45, 2.75) is 57.1 Å². The van der Waals surface area contributed by atoms with Gasteiger partial charge in [-0.25, -0.2) is 0 Å². The van der Waals surface area contributed by atoms with E-state index >= 15 is 0 Å². The van der Waals surface area contributed by atoms with E-state index in [-0.39, 0.29) is 11.9 Å². The second kappa shape index (κ2) is 13.6. The minimum atomic E-state index is -0.803. The Morgan fingerprint density at radius 3 is 2.36 bits per heavy atom. The molecule has 0 aliphatic carbocycles. The number of carbonyl (C=O) groups is 1. The molecule has 3 aliphatic rings. The summed E-state index contributed by atoms with van der Waals surface area (Å²) in [5.41, 5.74) is 6.14. The maximum Gasteiger partial charge on any atom is 0.237 e. The minimum Gasteiger partial charge on any atom is -0.376 e. The molecular formula is C34H42ClN5O2. The van der Waals surface area contributed by atoms with Crippen molar-refractivity contribution >= 4 is 23.2 Å². The fourth-order valence-electron chi connectivity index (χ4n) is 6.64. The van der Waals surface area contributed by atoms with Crippen LogP contribution < -0.4 is 15.5 Å². The van der Waals surface area contributed by atoms with Crippen LogP contribution in [0.1, 0.15) is 35.1 Å². The number of anilines is 1. The molecule has 2 saturated heterocycles. The molecule has 2 fully saturated rings. The van der Waals surface area contributed by atoms with Crippen molar-refractivity contribution in [2.24, 2.45) is 0 Å². The van der Waals surface area contributed by atoms with E-state index in [0.717, 1.165) is 38.3 Å². The summed E-state index contributed by atoms with van der Waals surface area (Å²) in [5, 5.41) is 19.0. The number of carbonyl (C=O) groups excluding carboxylic acids is 1. The van der Waals surface area contributed by atoms with Gasteiger partial charge in [0.1, 0.15) is 6.23 Å². The fraction of sp³-hybridized carbons (Fsp3) is 0.441. The zero-order chi connectivity index (χ0) is 28.9. The standard InChI is InChI=1S/C34H42ClN5O2/c35-29-13-11-25(12-14-29)21-31(37-33(41)30-22-26-7-1-2-8-27(26)23-36-30)34(42)40-19-17-39(18-20-40)32-10-4-3-9-28(32)24-38-15-5-6-16-38/h1-4,7-14,30-31,34,36,42H,5-6,15-24H2,(H,37,41)/t30-,31-,34?/m1/s1. The van der Waals surface area contributed by atoms with Gasteiger partial charge in [0.25, 0.3) is 0 Å². The maximum absolute atomic E-state index is 13.5. The smallest absolute Gasteiger partial charge is 0.237 e. The van der Waals surface area contributed by atoms with Crippen molar-refractivity contribution in [3.63, 3.8) is 0 Å². The van der Waals surface area contributed by atoms with Crippen molar-refractivity contribution in [1.29, 1.82) is 0 Å². The predicted molar refractivity (Wildman–Crippen MR) is 169 cm³/mol.